The molecule has 0 saturated heterocycles. The van der Waals surface area contributed by atoms with Crippen molar-refractivity contribution in [3.63, 3.8) is 0 Å². The number of nitrogens with one attached hydrogen (secondary N) is 1. The Morgan fingerprint density at radius 1 is 1.26 bits per heavy atom. The van der Waals surface area contributed by atoms with Crippen molar-refractivity contribution in [2.24, 2.45) is 16.6 Å². The highest BCUT2D eigenvalue weighted by atomic mass is 15.1. The van der Waals surface area contributed by atoms with Gasteiger partial charge in [-0.15, -0.1) is 0 Å². The van der Waals surface area contributed by atoms with Gasteiger partial charge in [-0.3, -0.25) is 4.99 Å². The molecule has 0 aliphatic rings. The fraction of sp³-hybridized carbons (Fsp3) is 0.562. The van der Waals surface area contributed by atoms with Crippen molar-refractivity contribution in [3.05, 3.63) is 35.9 Å². The van der Waals surface area contributed by atoms with Gasteiger partial charge in [-0.25, -0.2) is 0 Å². The fourth-order valence-electron chi connectivity index (χ4n) is 1.81. The van der Waals surface area contributed by atoms with E-state index in [2.05, 4.69) is 62.3 Å². The summed E-state index contributed by atoms with van der Waals surface area (Å²) in [5.74, 6) is 1.23. The molecule has 0 amide bonds. The van der Waals surface area contributed by atoms with Crippen molar-refractivity contribution >= 4 is 5.96 Å². The monoisotopic (exact) mass is 261 g/mol. The standard InChI is InChI=1S/C16H27N3/c1-13(2)10-11-18-15(17)19-12-16(3,4)14-8-6-5-7-9-14/h5-9,13H,10-12H2,1-4H3,(H3,17,18,19). The smallest absolute Gasteiger partial charge is 0.188 e. The average Bonchev–Trinajstić information content (AvgIpc) is 2.37. The Labute approximate surface area is 117 Å². The second kappa shape index (κ2) is 7.17. The van der Waals surface area contributed by atoms with Gasteiger partial charge in [0.15, 0.2) is 5.96 Å². The lowest BCUT2D eigenvalue weighted by Gasteiger charge is -2.23. The lowest BCUT2D eigenvalue weighted by atomic mass is 9.85. The first kappa shape index (κ1) is 15.5. The Morgan fingerprint density at radius 2 is 1.89 bits per heavy atom. The van der Waals surface area contributed by atoms with Crippen molar-refractivity contribution in [1.82, 2.24) is 5.32 Å². The normalized spacial score (nSPS) is 12.8. The summed E-state index contributed by atoms with van der Waals surface area (Å²) in [6.45, 7) is 10.4. The minimum absolute atomic E-state index is 0.00556. The summed E-state index contributed by atoms with van der Waals surface area (Å²) in [6, 6.07) is 10.4. The molecule has 0 bridgehead atoms. The lowest BCUT2D eigenvalue weighted by molar-refractivity contribution is 0.536. The Kier molecular flexibility index (Phi) is 5.87. The van der Waals surface area contributed by atoms with Gasteiger partial charge >= 0.3 is 0 Å². The highest BCUT2D eigenvalue weighted by Gasteiger charge is 2.19. The molecule has 106 valence electrons. The van der Waals surface area contributed by atoms with E-state index >= 15 is 0 Å². The Balaban J connectivity index is 2.50. The average molecular weight is 261 g/mol. The minimum atomic E-state index is 0.00556. The van der Waals surface area contributed by atoms with E-state index in [4.69, 9.17) is 5.73 Å². The van der Waals surface area contributed by atoms with Gasteiger partial charge in [-0.05, 0) is 17.9 Å². The van der Waals surface area contributed by atoms with Gasteiger partial charge in [-0.1, -0.05) is 58.0 Å². The first-order chi connectivity index (χ1) is 8.92. The number of aliphatic imine (C=N–C) groups is 1. The number of benzene rings is 1. The Bertz CT molecular complexity index is 394. The van der Waals surface area contributed by atoms with Gasteiger partial charge in [0.25, 0.3) is 0 Å². The molecule has 0 aliphatic heterocycles. The van der Waals surface area contributed by atoms with Crippen LogP contribution in [0.15, 0.2) is 35.3 Å². The van der Waals surface area contributed by atoms with E-state index in [0.717, 1.165) is 13.0 Å². The molecular weight excluding hydrogens is 234 g/mol. The third kappa shape index (κ3) is 5.77. The number of hydrogen-bond donors (Lipinski definition) is 2. The quantitative estimate of drug-likeness (QED) is 0.611. The summed E-state index contributed by atoms with van der Waals surface area (Å²) in [7, 11) is 0. The molecule has 19 heavy (non-hydrogen) atoms. The van der Waals surface area contributed by atoms with Crippen molar-refractivity contribution in [3.8, 4) is 0 Å². The molecule has 0 radical (unpaired) electrons. The third-order valence-electron chi connectivity index (χ3n) is 3.23. The Morgan fingerprint density at radius 3 is 2.47 bits per heavy atom. The molecule has 0 aliphatic carbocycles. The van der Waals surface area contributed by atoms with Gasteiger partial charge in [0.2, 0.25) is 0 Å². The number of nitrogens with two attached hydrogens (primary N) is 1. The number of guanidine groups is 1. The molecule has 3 nitrogen and oxygen atoms in total. The third-order valence-corrected chi connectivity index (χ3v) is 3.23. The maximum Gasteiger partial charge on any atom is 0.188 e. The summed E-state index contributed by atoms with van der Waals surface area (Å²) in [5, 5.41) is 3.17. The zero-order valence-corrected chi connectivity index (χ0v) is 12.6. The van der Waals surface area contributed by atoms with Gasteiger partial charge in [0.1, 0.15) is 0 Å². The first-order valence-corrected chi connectivity index (χ1v) is 7.01. The zero-order valence-electron chi connectivity index (χ0n) is 12.6. The van der Waals surface area contributed by atoms with E-state index in [1.165, 1.54) is 5.56 Å². The summed E-state index contributed by atoms with van der Waals surface area (Å²) in [6.07, 6.45) is 1.11. The maximum absolute atomic E-state index is 5.88. The highest BCUT2D eigenvalue weighted by Crippen LogP contribution is 2.22. The van der Waals surface area contributed by atoms with Crippen LogP contribution >= 0.6 is 0 Å². The molecule has 0 heterocycles. The van der Waals surface area contributed by atoms with Crippen molar-refractivity contribution < 1.29 is 0 Å². The molecule has 3 heteroatoms. The summed E-state index contributed by atoms with van der Waals surface area (Å²) in [5.41, 5.74) is 7.18. The largest absolute Gasteiger partial charge is 0.370 e. The van der Waals surface area contributed by atoms with Crippen LogP contribution in [0.3, 0.4) is 0 Å². The van der Waals surface area contributed by atoms with Gasteiger partial charge in [0, 0.05) is 12.0 Å². The van der Waals surface area contributed by atoms with E-state index in [-0.39, 0.29) is 5.41 Å². The molecule has 0 atom stereocenters. The predicted octanol–water partition coefficient (Wildman–Crippen LogP) is 2.91. The first-order valence-electron chi connectivity index (χ1n) is 7.01. The van der Waals surface area contributed by atoms with Crippen molar-refractivity contribution in [2.45, 2.75) is 39.5 Å². The van der Waals surface area contributed by atoms with E-state index in [1.807, 2.05) is 6.07 Å². The molecule has 0 aromatic heterocycles. The molecule has 0 fully saturated rings. The minimum Gasteiger partial charge on any atom is -0.370 e. The van der Waals surface area contributed by atoms with Gasteiger partial charge in [-0.2, -0.15) is 0 Å². The number of rotatable bonds is 6. The van der Waals surface area contributed by atoms with Crippen LogP contribution < -0.4 is 11.1 Å². The van der Waals surface area contributed by atoms with Crippen LogP contribution in [0.2, 0.25) is 0 Å². The van der Waals surface area contributed by atoms with E-state index in [1.54, 1.807) is 0 Å². The van der Waals surface area contributed by atoms with Crippen LogP contribution in [0.4, 0.5) is 0 Å². The van der Waals surface area contributed by atoms with Crippen LogP contribution in [-0.2, 0) is 5.41 Å². The van der Waals surface area contributed by atoms with Crippen molar-refractivity contribution in [1.29, 1.82) is 0 Å². The second-order valence-corrected chi connectivity index (χ2v) is 6.06. The molecule has 0 unspecified atom stereocenters. The molecule has 1 aromatic rings. The zero-order chi connectivity index (χ0) is 14.3. The maximum atomic E-state index is 5.88. The van der Waals surface area contributed by atoms with E-state index in [0.29, 0.717) is 18.4 Å². The number of nitrogens with zero attached hydrogens (tertiary/aromatic N) is 1. The van der Waals surface area contributed by atoms with E-state index < -0.39 is 0 Å². The van der Waals surface area contributed by atoms with Crippen LogP contribution in [0.1, 0.15) is 39.7 Å². The topological polar surface area (TPSA) is 50.4 Å². The van der Waals surface area contributed by atoms with Crippen LogP contribution in [-0.4, -0.2) is 19.0 Å². The van der Waals surface area contributed by atoms with Gasteiger partial charge in [0.05, 0.1) is 6.54 Å². The van der Waals surface area contributed by atoms with E-state index in [9.17, 15) is 0 Å². The molecule has 3 N–H and O–H groups in total. The summed E-state index contributed by atoms with van der Waals surface area (Å²) >= 11 is 0. The molecule has 0 spiro atoms. The fourth-order valence-corrected chi connectivity index (χ4v) is 1.81. The van der Waals surface area contributed by atoms with Gasteiger partial charge < -0.3 is 11.1 Å². The van der Waals surface area contributed by atoms with Crippen LogP contribution in [0.25, 0.3) is 0 Å². The highest BCUT2D eigenvalue weighted by molar-refractivity contribution is 5.77. The van der Waals surface area contributed by atoms with Crippen LogP contribution in [0, 0.1) is 5.92 Å². The second-order valence-electron chi connectivity index (χ2n) is 6.06. The SMILES string of the molecule is CC(C)CCNC(N)=NCC(C)(C)c1ccccc1. The summed E-state index contributed by atoms with van der Waals surface area (Å²) < 4.78 is 0. The lowest BCUT2D eigenvalue weighted by Crippen LogP contribution is -2.34. The molecule has 1 aromatic carbocycles. The van der Waals surface area contributed by atoms with Crippen LogP contribution in [0.5, 0.6) is 0 Å². The number of hydrogen-bond acceptors (Lipinski definition) is 1. The molecular formula is C16H27N3. The Hall–Kier alpha value is -1.51. The summed E-state index contributed by atoms with van der Waals surface area (Å²) in [4.78, 5) is 4.45. The van der Waals surface area contributed by atoms with Crippen molar-refractivity contribution in [2.75, 3.05) is 13.1 Å². The predicted molar refractivity (Wildman–Crippen MR) is 83.4 cm³/mol. The molecule has 1 rings (SSSR count). The molecule has 0 saturated carbocycles.